The highest BCUT2D eigenvalue weighted by molar-refractivity contribution is 7.98. The average Bonchev–Trinajstić information content (AvgIpc) is 3.39. The van der Waals surface area contributed by atoms with E-state index in [-0.39, 0.29) is 5.41 Å². The van der Waals surface area contributed by atoms with E-state index >= 15 is 0 Å². The SMILES string of the molecule is CCOc1ccccc1-c1noc(CSc2nnc(-c3ccc(C(C)(C)C)cc3)n2C)n1. The predicted molar refractivity (Wildman–Crippen MR) is 126 cm³/mol. The molecular weight excluding hydrogens is 422 g/mol. The summed E-state index contributed by atoms with van der Waals surface area (Å²) in [6, 6.07) is 16.2. The van der Waals surface area contributed by atoms with Gasteiger partial charge in [-0.2, -0.15) is 4.98 Å². The summed E-state index contributed by atoms with van der Waals surface area (Å²) in [4.78, 5) is 4.53. The van der Waals surface area contributed by atoms with Crippen LogP contribution in [0.1, 0.15) is 39.1 Å². The Kier molecular flexibility index (Phi) is 6.32. The highest BCUT2D eigenvalue weighted by Crippen LogP contribution is 2.30. The molecule has 0 bridgehead atoms. The predicted octanol–water partition coefficient (Wildman–Crippen LogP) is 5.52. The fraction of sp³-hybridized carbons (Fsp3) is 0.333. The van der Waals surface area contributed by atoms with E-state index < -0.39 is 0 Å². The van der Waals surface area contributed by atoms with Crippen LogP contribution in [0.25, 0.3) is 22.8 Å². The summed E-state index contributed by atoms with van der Waals surface area (Å²) in [7, 11) is 1.97. The summed E-state index contributed by atoms with van der Waals surface area (Å²) >= 11 is 1.51. The van der Waals surface area contributed by atoms with Crippen molar-refractivity contribution < 1.29 is 9.26 Å². The molecule has 0 amide bonds. The maximum absolute atomic E-state index is 5.67. The number of nitrogens with zero attached hydrogens (tertiary/aromatic N) is 5. The molecule has 8 heteroatoms. The number of rotatable bonds is 7. The number of aromatic nitrogens is 5. The first-order valence-electron chi connectivity index (χ1n) is 10.5. The second-order valence-corrected chi connectivity index (χ2v) is 9.36. The number of para-hydroxylation sites is 1. The summed E-state index contributed by atoms with van der Waals surface area (Å²) in [5, 5.41) is 13.6. The highest BCUT2D eigenvalue weighted by atomic mass is 32.2. The normalized spacial score (nSPS) is 11.7. The van der Waals surface area contributed by atoms with Gasteiger partial charge in [-0.15, -0.1) is 10.2 Å². The molecule has 0 aliphatic carbocycles. The van der Waals surface area contributed by atoms with Crippen LogP contribution < -0.4 is 4.74 Å². The van der Waals surface area contributed by atoms with Gasteiger partial charge in [0.25, 0.3) is 0 Å². The van der Waals surface area contributed by atoms with Crippen molar-refractivity contribution in [2.75, 3.05) is 6.61 Å². The monoisotopic (exact) mass is 449 g/mol. The van der Waals surface area contributed by atoms with Crippen molar-refractivity contribution in [1.29, 1.82) is 0 Å². The smallest absolute Gasteiger partial charge is 0.237 e. The van der Waals surface area contributed by atoms with E-state index in [1.54, 1.807) is 0 Å². The van der Waals surface area contributed by atoms with Gasteiger partial charge in [-0.05, 0) is 30.0 Å². The molecule has 0 radical (unpaired) electrons. The van der Waals surface area contributed by atoms with Crippen LogP contribution in [0.3, 0.4) is 0 Å². The first kappa shape index (κ1) is 22.1. The van der Waals surface area contributed by atoms with Gasteiger partial charge in [-0.1, -0.05) is 74.1 Å². The largest absolute Gasteiger partial charge is 0.493 e. The number of hydrogen-bond acceptors (Lipinski definition) is 7. The minimum Gasteiger partial charge on any atom is -0.493 e. The van der Waals surface area contributed by atoms with E-state index in [0.717, 1.165) is 27.9 Å². The van der Waals surface area contributed by atoms with E-state index in [1.807, 2.05) is 42.8 Å². The van der Waals surface area contributed by atoms with Gasteiger partial charge in [-0.3, -0.25) is 0 Å². The quantitative estimate of drug-likeness (QED) is 0.344. The zero-order valence-electron chi connectivity index (χ0n) is 19.0. The van der Waals surface area contributed by atoms with Crippen molar-refractivity contribution in [3.05, 3.63) is 60.0 Å². The molecule has 0 saturated carbocycles. The van der Waals surface area contributed by atoms with E-state index in [2.05, 4.69) is 65.4 Å². The van der Waals surface area contributed by atoms with Gasteiger partial charge in [0.05, 0.1) is 17.9 Å². The molecule has 2 aromatic heterocycles. The summed E-state index contributed by atoms with van der Waals surface area (Å²) in [6.45, 7) is 9.14. The van der Waals surface area contributed by atoms with Gasteiger partial charge in [0, 0.05) is 12.6 Å². The lowest BCUT2D eigenvalue weighted by molar-refractivity contribution is 0.341. The van der Waals surface area contributed by atoms with Gasteiger partial charge >= 0.3 is 0 Å². The maximum Gasteiger partial charge on any atom is 0.237 e. The lowest BCUT2D eigenvalue weighted by Gasteiger charge is -2.19. The Labute approximate surface area is 192 Å². The zero-order valence-corrected chi connectivity index (χ0v) is 19.8. The molecule has 0 N–H and O–H groups in total. The van der Waals surface area contributed by atoms with Crippen molar-refractivity contribution in [2.45, 2.75) is 44.0 Å². The van der Waals surface area contributed by atoms with Gasteiger partial charge in [0.2, 0.25) is 11.7 Å². The van der Waals surface area contributed by atoms with Crippen molar-refractivity contribution in [2.24, 2.45) is 7.05 Å². The van der Waals surface area contributed by atoms with Crippen LogP contribution in [0.2, 0.25) is 0 Å². The number of hydrogen-bond donors (Lipinski definition) is 0. The number of ether oxygens (including phenoxy) is 1. The third-order valence-electron chi connectivity index (χ3n) is 5.06. The molecule has 0 atom stereocenters. The molecule has 2 aromatic carbocycles. The van der Waals surface area contributed by atoms with Crippen molar-refractivity contribution >= 4 is 11.8 Å². The summed E-state index contributed by atoms with van der Waals surface area (Å²) in [5.41, 5.74) is 3.25. The van der Waals surface area contributed by atoms with E-state index in [0.29, 0.717) is 24.1 Å². The average molecular weight is 450 g/mol. The van der Waals surface area contributed by atoms with Gasteiger partial charge in [0.1, 0.15) is 5.75 Å². The van der Waals surface area contributed by atoms with Crippen molar-refractivity contribution in [3.8, 4) is 28.5 Å². The minimum absolute atomic E-state index is 0.117. The standard InChI is InChI=1S/C24H27N5O2S/c1-6-30-19-10-8-7-9-18(19)21-25-20(31-28-21)15-32-23-27-26-22(29(23)5)16-11-13-17(14-12-16)24(2,3)4/h7-14H,6,15H2,1-5H3. The lowest BCUT2D eigenvalue weighted by atomic mass is 9.87. The molecule has 4 rings (SSSR count). The van der Waals surface area contributed by atoms with Crippen LogP contribution in [0.15, 0.2) is 58.2 Å². The molecule has 0 aliphatic rings. The zero-order chi connectivity index (χ0) is 22.7. The molecule has 0 saturated heterocycles. The second kappa shape index (κ2) is 9.16. The van der Waals surface area contributed by atoms with Gasteiger partial charge in [0.15, 0.2) is 11.0 Å². The second-order valence-electron chi connectivity index (χ2n) is 8.42. The lowest BCUT2D eigenvalue weighted by Crippen LogP contribution is -2.10. The summed E-state index contributed by atoms with van der Waals surface area (Å²) < 4.78 is 13.1. The molecule has 7 nitrogen and oxygen atoms in total. The molecule has 2 heterocycles. The van der Waals surface area contributed by atoms with Crippen LogP contribution in [0, 0.1) is 0 Å². The molecule has 0 aliphatic heterocycles. The Morgan fingerprint density at radius 3 is 2.50 bits per heavy atom. The Morgan fingerprint density at radius 1 is 1.03 bits per heavy atom. The van der Waals surface area contributed by atoms with Crippen LogP contribution in [-0.4, -0.2) is 31.5 Å². The first-order chi connectivity index (χ1) is 15.4. The van der Waals surface area contributed by atoms with Crippen LogP contribution in [0.5, 0.6) is 5.75 Å². The maximum atomic E-state index is 5.67. The topological polar surface area (TPSA) is 78.9 Å². The van der Waals surface area contributed by atoms with Crippen LogP contribution in [-0.2, 0) is 18.2 Å². The molecule has 4 aromatic rings. The Balaban J connectivity index is 1.46. The number of thioether (sulfide) groups is 1. The summed E-state index contributed by atoms with van der Waals surface area (Å²) in [5.74, 6) is 3.10. The van der Waals surface area contributed by atoms with Gasteiger partial charge < -0.3 is 13.8 Å². The molecule has 0 unspecified atom stereocenters. The molecule has 0 spiro atoms. The van der Waals surface area contributed by atoms with E-state index in [1.165, 1.54) is 17.3 Å². The molecule has 166 valence electrons. The molecular formula is C24H27N5O2S. The van der Waals surface area contributed by atoms with E-state index in [4.69, 9.17) is 9.26 Å². The van der Waals surface area contributed by atoms with Crippen molar-refractivity contribution in [3.63, 3.8) is 0 Å². The van der Waals surface area contributed by atoms with Crippen LogP contribution >= 0.6 is 11.8 Å². The minimum atomic E-state index is 0.117. The highest BCUT2D eigenvalue weighted by Gasteiger charge is 2.17. The van der Waals surface area contributed by atoms with Crippen LogP contribution in [0.4, 0.5) is 0 Å². The van der Waals surface area contributed by atoms with Gasteiger partial charge in [-0.25, -0.2) is 0 Å². The fourth-order valence-corrected chi connectivity index (χ4v) is 4.04. The summed E-state index contributed by atoms with van der Waals surface area (Å²) in [6.07, 6.45) is 0. The molecule has 0 fully saturated rings. The first-order valence-corrected chi connectivity index (χ1v) is 11.5. The van der Waals surface area contributed by atoms with E-state index in [9.17, 15) is 0 Å². The third-order valence-corrected chi connectivity index (χ3v) is 6.07. The van der Waals surface area contributed by atoms with Crippen molar-refractivity contribution in [1.82, 2.24) is 24.9 Å². The Bertz CT molecular complexity index is 1190. The Hall–Kier alpha value is -3.13. The number of benzene rings is 2. The Morgan fingerprint density at radius 2 is 1.78 bits per heavy atom. The third kappa shape index (κ3) is 4.70. The molecule has 32 heavy (non-hydrogen) atoms. The fourth-order valence-electron chi connectivity index (χ4n) is 3.29.